The van der Waals surface area contributed by atoms with Gasteiger partial charge in [-0.1, -0.05) is 13.8 Å². The van der Waals surface area contributed by atoms with E-state index in [0.29, 0.717) is 6.54 Å². The Balaban J connectivity index is 2.02. The van der Waals surface area contributed by atoms with Crippen LogP contribution >= 0.6 is 0 Å². The Kier molecular flexibility index (Phi) is 3.94. The third kappa shape index (κ3) is 3.15. The molecule has 1 aromatic rings. The second kappa shape index (κ2) is 5.33. The summed E-state index contributed by atoms with van der Waals surface area (Å²) >= 11 is 0. The number of carbonyl (C=O) groups excluding carboxylic acids is 1. The van der Waals surface area contributed by atoms with Gasteiger partial charge in [0.15, 0.2) is 0 Å². The zero-order valence-electron chi connectivity index (χ0n) is 12.3. The molecule has 0 spiro atoms. The van der Waals surface area contributed by atoms with Gasteiger partial charge < -0.3 is 10.2 Å². The predicted octanol–water partition coefficient (Wildman–Crippen LogP) is 1.16. The van der Waals surface area contributed by atoms with Crippen LogP contribution in [0, 0.1) is 5.41 Å². The van der Waals surface area contributed by atoms with Gasteiger partial charge in [-0.15, -0.1) is 0 Å². The number of carbonyl (C=O) groups is 1. The van der Waals surface area contributed by atoms with Gasteiger partial charge in [0.05, 0.1) is 12.2 Å². The molecule has 0 aliphatic carbocycles. The van der Waals surface area contributed by atoms with Crippen molar-refractivity contribution in [2.45, 2.75) is 39.3 Å². The Labute approximate surface area is 115 Å². The maximum absolute atomic E-state index is 12.6. The van der Waals surface area contributed by atoms with Gasteiger partial charge in [-0.05, 0) is 24.8 Å². The molecule has 1 unspecified atom stereocenters. The zero-order valence-corrected chi connectivity index (χ0v) is 12.3. The summed E-state index contributed by atoms with van der Waals surface area (Å²) in [6, 6.07) is -0.0806. The summed E-state index contributed by atoms with van der Waals surface area (Å²) in [5.41, 5.74) is 1.09. The minimum atomic E-state index is -0.0806. The third-order valence-electron chi connectivity index (χ3n) is 3.93. The van der Waals surface area contributed by atoms with Crippen molar-refractivity contribution in [2.75, 3.05) is 13.6 Å². The number of amides is 1. The highest BCUT2D eigenvalue weighted by Gasteiger charge is 2.38. The number of rotatable bonds is 3. The summed E-state index contributed by atoms with van der Waals surface area (Å²) in [6.45, 7) is 5.88. The maximum Gasteiger partial charge on any atom is 0.240 e. The Morgan fingerprint density at radius 1 is 1.63 bits per heavy atom. The number of hydrogen-bond acceptors (Lipinski definition) is 3. The lowest BCUT2D eigenvalue weighted by atomic mass is 9.77. The fourth-order valence-electron chi connectivity index (χ4n) is 2.76. The number of likely N-dealkylation sites (N-methyl/N-ethyl adjacent to an activating group) is 1. The smallest absolute Gasteiger partial charge is 0.240 e. The fraction of sp³-hybridized carbons (Fsp3) is 0.714. The van der Waals surface area contributed by atoms with Crippen LogP contribution in [0.1, 0.15) is 32.3 Å². The highest BCUT2D eigenvalue weighted by molar-refractivity contribution is 5.82. The molecular formula is C14H24N4O. The Morgan fingerprint density at radius 3 is 2.95 bits per heavy atom. The lowest BCUT2D eigenvalue weighted by molar-refractivity contribution is -0.136. The number of nitrogens with zero attached hydrogens (tertiary/aromatic N) is 3. The average Bonchev–Trinajstić information content (AvgIpc) is 2.73. The van der Waals surface area contributed by atoms with Crippen LogP contribution in [0.2, 0.25) is 0 Å². The van der Waals surface area contributed by atoms with Crippen LogP contribution in [0.5, 0.6) is 0 Å². The van der Waals surface area contributed by atoms with Gasteiger partial charge in [0, 0.05) is 32.4 Å². The molecule has 0 saturated carbocycles. The van der Waals surface area contributed by atoms with Crippen LogP contribution in [-0.4, -0.2) is 40.2 Å². The predicted molar refractivity (Wildman–Crippen MR) is 74.5 cm³/mol. The zero-order chi connectivity index (χ0) is 14.0. The van der Waals surface area contributed by atoms with Crippen molar-refractivity contribution in [3.05, 3.63) is 18.0 Å². The summed E-state index contributed by atoms with van der Waals surface area (Å²) in [4.78, 5) is 14.4. The molecule has 1 atom stereocenters. The number of aryl methyl sites for hydroxylation is 1. The highest BCUT2D eigenvalue weighted by atomic mass is 16.2. The molecule has 5 heteroatoms. The van der Waals surface area contributed by atoms with Crippen LogP contribution in [0.4, 0.5) is 0 Å². The van der Waals surface area contributed by atoms with E-state index in [1.807, 2.05) is 26.5 Å². The molecule has 2 rings (SSSR count). The molecule has 1 aromatic heterocycles. The van der Waals surface area contributed by atoms with E-state index in [2.05, 4.69) is 24.3 Å². The van der Waals surface area contributed by atoms with Crippen LogP contribution in [0.25, 0.3) is 0 Å². The molecule has 1 saturated heterocycles. The number of piperidine rings is 1. The molecule has 1 aliphatic heterocycles. The molecule has 1 N–H and O–H groups in total. The van der Waals surface area contributed by atoms with E-state index in [-0.39, 0.29) is 17.4 Å². The van der Waals surface area contributed by atoms with E-state index in [4.69, 9.17) is 0 Å². The summed E-state index contributed by atoms with van der Waals surface area (Å²) < 4.78 is 1.76. The topological polar surface area (TPSA) is 50.2 Å². The molecule has 106 valence electrons. The van der Waals surface area contributed by atoms with Gasteiger partial charge in [-0.3, -0.25) is 9.48 Å². The van der Waals surface area contributed by atoms with Gasteiger partial charge in [0.25, 0.3) is 0 Å². The van der Waals surface area contributed by atoms with E-state index in [9.17, 15) is 4.79 Å². The molecule has 19 heavy (non-hydrogen) atoms. The van der Waals surface area contributed by atoms with Crippen molar-refractivity contribution in [3.8, 4) is 0 Å². The van der Waals surface area contributed by atoms with Crippen molar-refractivity contribution in [2.24, 2.45) is 12.5 Å². The number of aromatic nitrogens is 2. The largest absolute Gasteiger partial charge is 0.340 e. The summed E-state index contributed by atoms with van der Waals surface area (Å²) in [6.07, 6.45) is 5.99. The fourth-order valence-corrected chi connectivity index (χ4v) is 2.76. The minimum Gasteiger partial charge on any atom is -0.340 e. The SMILES string of the molecule is CN(Cc1cnn(C)c1)C(=O)C1NCCCC1(C)C. The first kappa shape index (κ1) is 14.1. The Bertz CT molecular complexity index is 452. The van der Waals surface area contributed by atoms with Crippen molar-refractivity contribution >= 4 is 5.91 Å². The number of hydrogen-bond donors (Lipinski definition) is 1. The van der Waals surface area contributed by atoms with E-state index in [0.717, 1.165) is 24.9 Å². The molecule has 1 aliphatic rings. The van der Waals surface area contributed by atoms with Crippen LogP contribution in [0.3, 0.4) is 0 Å². The first-order valence-corrected chi connectivity index (χ1v) is 6.86. The standard InChI is InChI=1S/C14H24N4O/c1-14(2)6-5-7-15-12(14)13(19)17(3)9-11-8-16-18(4)10-11/h8,10,12,15H,5-7,9H2,1-4H3. The maximum atomic E-state index is 12.6. The quantitative estimate of drug-likeness (QED) is 0.891. The molecule has 1 fully saturated rings. The van der Waals surface area contributed by atoms with Gasteiger partial charge in [-0.25, -0.2) is 0 Å². The normalized spacial score (nSPS) is 22.2. The van der Waals surface area contributed by atoms with Gasteiger partial charge >= 0.3 is 0 Å². The monoisotopic (exact) mass is 264 g/mol. The van der Waals surface area contributed by atoms with Gasteiger partial charge in [-0.2, -0.15) is 5.10 Å². The highest BCUT2D eigenvalue weighted by Crippen LogP contribution is 2.31. The van der Waals surface area contributed by atoms with Gasteiger partial charge in [0.2, 0.25) is 5.91 Å². The van der Waals surface area contributed by atoms with Crippen molar-refractivity contribution < 1.29 is 4.79 Å². The summed E-state index contributed by atoms with van der Waals surface area (Å²) in [5, 5.41) is 7.50. The van der Waals surface area contributed by atoms with E-state index in [1.165, 1.54) is 0 Å². The number of nitrogens with one attached hydrogen (secondary N) is 1. The van der Waals surface area contributed by atoms with Crippen LogP contribution in [0.15, 0.2) is 12.4 Å². The van der Waals surface area contributed by atoms with Crippen molar-refractivity contribution in [3.63, 3.8) is 0 Å². The van der Waals surface area contributed by atoms with Crippen LogP contribution < -0.4 is 5.32 Å². The first-order valence-electron chi connectivity index (χ1n) is 6.86. The first-order chi connectivity index (χ1) is 8.90. The Morgan fingerprint density at radius 2 is 2.37 bits per heavy atom. The lowest BCUT2D eigenvalue weighted by Gasteiger charge is -2.40. The molecule has 1 amide bonds. The molecule has 5 nitrogen and oxygen atoms in total. The van der Waals surface area contributed by atoms with Gasteiger partial charge in [0.1, 0.15) is 0 Å². The average molecular weight is 264 g/mol. The van der Waals surface area contributed by atoms with Crippen molar-refractivity contribution in [1.29, 1.82) is 0 Å². The summed E-state index contributed by atoms with van der Waals surface area (Å²) in [7, 11) is 3.75. The second-order valence-electron chi connectivity index (χ2n) is 6.20. The molecule has 0 aromatic carbocycles. The molecule has 0 bridgehead atoms. The lowest BCUT2D eigenvalue weighted by Crippen LogP contribution is -2.55. The van der Waals surface area contributed by atoms with Crippen molar-refractivity contribution in [1.82, 2.24) is 20.0 Å². The van der Waals surface area contributed by atoms with E-state index < -0.39 is 0 Å². The molecular weight excluding hydrogens is 240 g/mol. The minimum absolute atomic E-state index is 0.0263. The van der Waals surface area contributed by atoms with Crippen LogP contribution in [-0.2, 0) is 18.4 Å². The third-order valence-corrected chi connectivity index (χ3v) is 3.93. The van der Waals surface area contributed by atoms with E-state index in [1.54, 1.807) is 9.58 Å². The second-order valence-corrected chi connectivity index (χ2v) is 6.20. The molecule has 0 radical (unpaired) electrons. The Hall–Kier alpha value is -1.36. The van der Waals surface area contributed by atoms with E-state index >= 15 is 0 Å². The molecule has 2 heterocycles. The summed E-state index contributed by atoms with van der Waals surface area (Å²) in [5.74, 6) is 0.175.